The summed E-state index contributed by atoms with van der Waals surface area (Å²) in [5.41, 5.74) is 1.50. The Morgan fingerprint density at radius 1 is 1.24 bits per heavy atom. The molecular weight excluding hydrogens is 314 g/mol. The molecule has 1 aromatic carbocycles. The molecule has 0 aliphatic carbocycles. The summed E-state index contributed by atoms with van der Waals surface area (Å²) < 4.78 is 5.40. The number of nitrogens with one attached hydrogen (secondary N) is 2. The molecule has 1 unspecified atom stereocenters. The first-order chi connectivity index (χ1) is 11.9. The molecule has 2 N–H and O–H groups in total. The lowest BCUT2D eigenvalue weighted by atomic mass is 10.1. The number of H-pyrrole nitrogens is 1. The minimum atomic E-state index is -0.517. The van der Waals surface area contributed by atoms with Crippen LogP contribution < -0.4 is 5.32 Å². The smallest absolute Gasteiger partial charge is 0.408 e. The summed E-state index contributed by atoms with van der Waals surface area (Å²) in [6.07, 6.45) is 5.51. The summed E-state index contributed by atoms with van der Waals surface area (Å²) in [6.45, 7) is 7.74. The molecule has 0 fully saturated rings. The quantitative estimate of drug-likeness (QED) is 0.677. The zero-order valence-electron chi connectivity index (χ0n) is 15.6. The minimum absolute atomic E-state index is 0.182. The molecule has 0 spiro atoms. The molecule has 1 atom stereocenters. The van der Waals surface area contributed by atoms with Crippen molar-refractivity contribution in [3.63, 3.8) is 0 Å². The van der Waals surface area contributed by atoms with Gasteiger partial charge in [-0.25, -0.2) is 9.78 Å². The molecule has 0 bridgehead atoms. The number of rotatable bonds is 7. The Balaban J connectivity index is 2.12. The van der Waals surface area contributed by atoms with Crippen molar-refractivity contribution >= 4 is 6.09 Å². The van der Waals surface area contributed by atoms with Crippen LogP contribution in [0.3, 0.4) is 0 Å². The maximum absolute atomic E-state index is 12.2. The highest BCUT2D eigenvalue weighted by Crippen LogP contribution is 2.22. The van der Waals surface area contributed by atoms with Gasteiger partial charge in [-0.3, -0.25) is 0 Å². The molecule has 2 rings (SSSR count). The number of hydrogen-bond acceptors (Lipinski definition) is 3. The number of alkyl carbamates (subject to hydrolysis) is 1. The van der Waals surface area contributed by atoms with Gasteiger partial charge in [-0.15, -0.1) is 0 Å². The lowest BCUT2D eigenvalue weighted by Crippen LogP contribution is -2.35. The lowest BCUT2D eigenvalue weighted by Gasteiger charge is -2.23. The molecule has 25 heavy (non-hydrogen) atoms. The minimum Gasteiger partial charge on any atom is -0.444 e. The number of unbranched alkanes of at least 4 members (excludes halogenated alkanes) is 2. The Morgan fingerprint density at radius 2 is 1.96 bits per heavy atom. The fraction of sp³-hybridized carbons (Fsp3) is 0.500. The maximum atomic E-state index is 12.2. The second-order valence-electron chi connectivity index (χ2n) is 7.24. The zero-order chi connectivity index (χ0) is 18.3. The largest absolute Gasteiger partial charge is 0.444 e. The fourth-order valence-electron chi connectivity index (χ4n) is 2.60. The van der Waals surface area contributed by atoms with Crippen LogP contribution >= 0.6 is 0 Å². The summed E-state index contributed by atoms with van der Waals surface area (Å²) in [4.78, 5) is 20.0. The first-order valence-electron chi connectivity index (χ1n) is 8.99. The third kappa shape index (κ3) is 6.25. The van der Waals surface area contributed by atoms with Crippen LogP contribution in [0.1, 0.15) is 65.2 Å². The first kappa shape index (κ1) is 19.0. The number of aromatic nitrogens is 2. The monoisotopic (exact) mass is 343 g/mol. The summed E-state index contributed by atoms with van der Waals surface area (Å²) in [6, 6.07) is 9.85. The lowest BCUT2D eigenvalue weighted by molar-refractivity contribution is 0.0498. The second kappa shape index (κ2) is 8.70. The highest BCUT2D eigenvalue weighted by atomic mass is 16.6. The van der Waals surface area contributed by atoms with Gasteiger partial charge in [-0.2, -0.15) is 0 Å². The number of carbonyl (C=O) groups is 1. The molecule has 0 saturated heterocycles. The van der Waals surface area contributed by atoms with Crippen LogP contribution in [0.5, 0.6) is 0 Å². The van der Waals surface area contributed by atoms with E-state index in [0.29, 0.717) is 0 Å². The summed E-state index contributed by atoms with van der Waals surface area (Å²) in [5.74, 6) is 0.765. The number of benzene rings is 1. The average Bonchev–Trinajstić information content (AvgIpc) is 3.03. The molecule has 0 aliphatic heterocycles. The van der Waals surface area contributed by atoms with Crippen LogP contribution in [0.25, 0.3) is 11.3 Å². The number of aromatic amines is 1. The Kier molecular flexibility index (Phi) is 6.62. The van der Waals surface area contributed by atoms with Crippen molar-refractivity contribution in [3.05, 3.63) is 42.4 Å². The van der Waals surface area contributed by atoms with Gasteiger partial charge in [0.2, 0.25) is 0 Å². The zero-order valence-corrected chi connectivity index (χ0v) is 15.6. The Hall–Kier alpha value is -2.30. The van der Waals surface area contributed by atoms with E-state index in [1.165, 1.54) is 0 Å². The van der Waals surface area contributed by atoms with Crippen LogP contribution in [-0.4, -0.2) is 21.7 Å². The third-order valence-corrected chi connectivity index (χ3v) is 3.80. The van der Waals surface area contributed by atoms with E-state index in [0.717, 1.165) is 42.8 Å². The van der Waals surface area contributed by atoms with Crippen molar-refractivity contribution in [3.8, 4) is 11.3 Å². The Morgan fingerprint density at radius 3 is 2.60 bits per heavy atom. The second-order valence-corrected chi connectivity index (χ2v) is 7.24. The van der Waals surface area contributed by atoms with E-state index in [1.54, 1.807) is 0 Å². The molecule has 1 aromatic heterocycles. The first-order valence-corrected chi connectivity index (χ1v) is 8.99. The van der Waals surface area contributed by atoms with Gasteiger partial charge >= 0.3 is 6.09 Å². The highest BCUT2D eigenvalue weighted by molar-refractivity contribution is 5.68. The molecule has 5 heteroatoms. The van der Waals surface area contributed by atoms with E-state index in [1.807, 2.05) is 57.3 Å². The number of imidazole rings is 1. The van der Waals surface area contributed by atoms with Gasteiger partial charge in [0, 0.05) is 0 Å². The molecule has 136 valence electrons. The van der Waals surface area contributed by atoms with E-state index >= 15 is 0 Å². The number of ether oxygens (including phenoxy) is 1. The predicted octanol–water partition coefficient (Wildman–Crippen LogP) is 5.22. The molecule has 5 nitrogen and oxygen atoms in total. The molecule has 0 radical (unpaired) electrons. The van der Waals surface area contributed by atoms with Crippen LogP contribution in [0.4, 0.5) is 4.79 Å². The molecule has 1 heterocycles. The average molecular weight is 343 g/mol. The predicted molar refractivity (Wildman–Crippen MR) is 100 cm³/mol. The Bertz CT molecular complexity index is 659. The highest BCUT2D eigenvalue weighted by Gasteiger charge is 2.22. The number of carbonyl (C=O) groups excluding carboxylic acids is 1. The normalized spacial score (nSPS) is 12.6. The molecular formula is C20H29N3O2. The van der Waals surface area contributed by atoms with E-state index < -0.39 is 11.7 Å². The van der Waals surface area contributed by atoms with Crippen molar-refractivity contribution in [2.45, 2.75) is 65.0 Å². The van der Waals surface area contributed by atoms with Crippen LogP contribution in [0, 0.1) is 0 Å². The van der Waals surface area contributed by atoms with Crippen molar-refractivity contribution in [2.75, 3.05) is 0 Å². The van der Waals surface area contributed by atoms with E-state index in [2.05, 4.69) is 22.2 Å². The van der Waals surface area contributed by atoms with Crippen molar-refractivity contribution in [1.29, 1.82) is 0 Å². The van der Waals surface area contributed by atoms with Crippen LogP contribution in [0.2, 0.25) is 0 Å². The summed E-state index contributed by atoms with van der Waals surface area (Å²) >= 11 is 0. The molecule has 2 aromatic rings. The van der Waals surface area contributed by atoms with E-state index in [-0.39, 0.29) is 6.04 Å². The number of nitrogens with zero attached hydrogens (tertiary/aromatic N) is 1. The van der Waals surface area contributed by atoms with Gasteiger partial charge in [-0.1, -0.05) is 56.5 Å². The topological polar surface area (TPSA) is 67.0 Å². The van der Waals surface area contributed by atoms with Crippen LogP contribution in [0.15, 0.2) is 36.5 Å². The van der Waals surface area contributed by atoms with E-state index in [4.69, 9.17) is 4.74 Å². The Labute approximate surface area is 150 Å². The standard InChI is InChI=1S/C20H29N3O2/c1-5-6-8-13-16(23-19(24)25-20(2,3)4)18-21-14-17(22-18)15-11-9-7-10-12-15/h7,9-12,14,16H,5-6,8,13H2,1-4H3,(H,21,22)(H,23,24). The van der Waals surface area contributed by atoms with Crippen molar-refractivity contribution in [2.24, 2.45) is 0 Å². The SMILES string of the molecule is CCCCCC(NC(=O)OC(C)(C)C)c1ncc(-c2ccccc2)[nH]1. The summed E-state index contributed by atoms with van der Waals surface area (Å²) in [5, 5.41) is 2.96. The maximum Gasteiger partial charge on any atom is 0.408 e. The van der Waals surface area contributed by atoms with Crippen molar-refractivity contribution in [1.82, 2.24) is 15.3 Å². The number of amides is 1. The fourth-order valence-corrected chi connectivity index (χ4v) is 2.60. The van der Waals surface area contributed by atoms with Gasteiger partial charge in [-0.05, 0) is 32.8 Å². The van der Waals surface area contributed by atoms with Crippen molar-refractivity contribution < 1.29 is 9.53 Å². The van der Waals surface area contributed by atoms with Gasteiger partial charge in [0.05, 0.1) is 17.9 Å². The van der Waals surface area contributed by atoms with Crippen LogP contribution in [-0.2, 0) is 4.74 Å². The molecule has 1 amide bonds. The van der Waals surface area contributed by atoms with Gasteiger partial charge in [0.15, 0.2) is 0 Å². The van der Waals surface area contributed by atoms with Gasteiger partial charge in [0.1, 0.15) is 11.4 Å². The summed E-state index contributed by atoms with van der Waals surface area (Å²) in [7, 11) is 0. The molecule has 0 saturated carbocycles. The van der Waals surface area contributed by atoms with E-state index in [9.17, 15) is 4.79 Å². The van der Waals surface area contributed by atoms with Gasteiger partial charge < -0.3 is 15.0 Å². The number of hydrogen-bond donors (Lipinski definition) is 2. The third-order valence-electron chi connectivity index (χ3n) is 3.80. The van der Waals surface area contributed by atoms with Gasteiger partial charge in [0.25, 0.3) is 0 Å². The molecule has 0 aliphatic rings.